The molecule has 0 unspecified atom stereocenters. The third-order valence-electron chi connectivity index (χ3n) is 3.88. The summed E-state index contributed by atoms with van der Waals surface area (Å²) < 4.78 is 3.53. The number of nitrogens with zero attached hydrogens (tertiary/aromatic N) is 8. The van der Waals surface area contributed by atoms with Gasteiger partial charge in [-0.1, -0.05) is 47.8 Å². The smallest absolute Gasteiger partial charge is 0.186 e. The second-order valence-corrected chi connectivity index (χ2v) is 9.44. The van der Waals surface area contributed by atoms with E-state index in [-0.39, 0.29) is 0 Å². The van der Waals surface area contributed by atoms with E-state index in [2.05, 4.69) is 43.2 Å². The molecule has 8 nitrogen and oxygen atoms in total. The van der Waals surface area contributed by atoms with Crippen LogP contribution in [0, 0.1) is 0 Å². The molecule has 0 aliphatic rings. The average molecular weight is 461 g/mol. The van der Waals surface area contributed by atoms with Crippen LogP contribution >= 0.6 is 47.0 Å². The maximum Gasteiger partial charge on any atom is 0.214 e. The maximum absolute atomic E-state index is 4.18. The van der Waals surface area contributed by atoms with Gasteiger partial charge in [0, 0.05) is 9.79 Å². The molecule has 12 heteroatoms. The summed E-state index contributed by atoms with van der Waals surface area (Å²) in [5, 5.41) is 26.5. The van der Waals surface area contributed by atoms with Crippen molar-refractivity contribution in [1.29, 1.82) is 0 Å². The standard InChI is InChI=1S/C17H16N8S4/c1-26-14-9-5-3-7-12(14)24-16(18-20-22-24)28-11-29-17-19-21-23-25(17)13-8-4-6-10-15(13)27-2/h3-10H,11H2,1-2H3. The lowest BCUT2D eigenvalue weighted by molar-refractivity contribution is 0.744. The third-order valence-corrected chi connectivity index (χ3v) is 7.42. The lowest BCUT2D eigenvalue weighted by Crippen LogP contribution is -2.02. The van der Waals surface area contributed by atoms with Gasteiger partial charge in [0.05, 0.1) is 16.5 Å². The molecule has 0 aliphatic carbocycles. The zero-order chi connectivity index (χ0) is 20.1. The van der Waals surface area contributed by atoms with Gasteiger partial charge in [0.1, 0.15) is 0 Å². The van der Waals surface area contributed by atoms with Crippen molar-refractivity contribution in [3.8, 4) is 11.4 Å². The number of aromatic nitrogens is 8. The van der Waals surface area contributed by atoms with E-state index >= 15 is 0 Å². The van der Waals surface area contributed by atoms with E-state index in [9.17, 15) is 0 Å². The number of hydrogen-bond donors (Lipinski definition) is 0. The highest BCUT2D eigenvalue weighted by Crippen LogP contribution is 2.31. The van der Waals surface area contributed by atoms with Crippen LogP contribution in [-0.4, -0.2) is 58.0 Å². The van der Waals surface area contributed by atoms with Crippen LogP contribution in [0.5, 0.6) is 0 Å². The van der Waals surface area contributed by atoms with Crippen LogP contribution in [0.15, 0.2) is 68.6 Å². The van der Waals surface area contributed by atoms with Crippen molar-refractivity contribution in [2.24, 2.45) is 0 Å². The second-order valence-electron chi connectivity index (χ2n) is 5.50. The molecule has 4 aromatic rings. The van der Waals surface area contributed by atoms with Gasteiger partial charge >= 0.3 is 0 Å². The summed E-state index contributed by atoms with van der Waals surface area (Å²) >= 11 is 6.42. The number of rotatable bonds is 8. The van der Waals surface area contributed by atoms with E-state index in [1.807, 2.05) is 48.9 Å². The zero-order valence-electron chi connectivity index (χ0n) is 15.5. The molecular formula is C17H16N8S4. The topological polar surface area (TPSA) is 87.2 Å². The van der Waals surface area contributed by atoms with E-state index in [1.165, 1.54) is 0 Å². The molecule has 29 heavy (non-hydrogen) atoms. The normalized spacial score (nSPS) is 11.1. The Balaban J connectivity index is 1.50. The molecule has 0 saturated heterocycles. The van der Waals surface area contributed by atoms with Crippen LogP contribution in [0.2, 0.25) is 0 Å². The van der Waals surface area contributed by atoms with Crippen molar-refractivity contribution < 1.29 is 0 Å². The Labute approximate surface area is 184 Å². The summed E-state index contributed by atoms with van der Waals surface area (Å²) in [5.74, 6) is 0. The zero-order valence-corrected chi connectivity index (χ0v) is 18.8. The fraction of sp³-hybridized carbons (Fsp3) is 0.176. The quantitative estimate of drug-likeness (QED) is 0.285. The van der Waals surface area contributed by atoms with Crippen molar-refractivity contribution in [1.82, 2.24) is 40.4 Å². The Morgan fingerprint density at radius 2 is 1.14 bits per heavy atom. The summed E-state index contributed by atoms with van der Waals surface area (Å²) in [6.45, 7) is 0. The van der Waals surface area contributed by atoms with E-state index in [0.29, 0.717) is 5.08 Å². The maximum atomic E-state index is 4.18. The first-order chi connectivity index (χ1) is 14.3. The highest BCUT2D eigenvalue weighted by atomic mass is 32.2. The average Bonchev–Trinajstić information content (AvgIpc) is 3.43. The second kappa shape index (κ2) is 9.65. The van der Waals surface area contributed by atoms with E-state index < -0.39 is 0 Å². The molecule has 0 bridgehead atoms. The van der Waals surface area contributed by atoms with Crippen LogP contribution < -0.4 is 0 Å². The van der Waals surface area contributed by atoms with Crippen molar-refractivity contribution in [2.75, 3.05) is 17.6 Å². The van der Waals surface area contributed by atoms with Crippen LogP contribution in [0.1, 0.15) is 0 Å². The Bertz CT molecular complexity index is 1010. The molecule has 0 atom stereocenters. The van der Waals surface area contributed by atoms with Gasteiger partial charge < -0.3 is 0 Å². The van der Waals surface area contributed by atoms with Crippen molar-refractivity contribution in [3.63, 3.8) is 0 Å². The van der Waals surface area contributed by atoms with Gasteiger partial charge in [0.2, 0.25) is 10.3 Å². The molecular weight excluding hydrogens is 445 g/mol. The largest absolute Gasteiger partial charge is 0.214 e. The van der Waals surface area contributed by atoms with E-state index in [4.69, 9.17) is 0 Å². The van der Waals surface area contributed by atoms with Crippen LogP contribution in [-0.2, 0) is 0 Å². The molecule has 4 rings (SSSR count). The first kappa shape index (κ1) is 20.3. The monoisotopic (exact) mass is 460 g/mol. The Kier molecular flexibility index (Phi) is 6.74. The molecule has 0 spiro atoms. The first-order valence-electron chi connectivity index (χ1n) is 8.41. The van der Waals surface area contributed by atoms with Crippen molar-refractivity contribution >= 4 is 47.0 Å². The molecule has 2 heterocycles. The summed E-state index contributed by atoms with van der Waals surface area (Å²) in [6, 6.07) is 16.1. The number of hydrogen-bond acceptors (Lipinski definition) is 10. The molecule has 0 N–H and O–H groups in total. The van der Waals surface area contributed by atoms with Gasteiger partial charge in [0.15, 0.2) is 0 Å². The number of para-hydroxylation sites is 2. The summed E-state index contributed by atoms with van der Waals surface area (Å²) in [6.07, 6.45) is 4.08. The summed E-state index contributed by atoms with van der Waals surface area (Å²) in [7, 11) is 0. The Hall–Kier alpha value is -2.02. The lowest BCUT2D eigenvalue weighted by Gasteiger charge is -2.09. The number of benzene rings is 2. The minimum absolute atomic E-state index is 0.670. The van der Waals surface area contributed by atoms with Crippen molar-refractivity contribution in [2.45, 2.75) is 20.1 Å². The first-order valence-corrected chi connectivity index (χ1v) is 12.8. The van der Waals surface area contributed by atoms with Crippen LogP contribution in [0.25, 0.3) is 11.4 Å². The molecule has 2 aromatic heterocycles. The molecule has 0 saturated carbocycles. The minimum atomic E-state index is 0.670. The van der Waals surface area contributed by atoms with Crippen LogP contribution in [0.3, 0.4) is 0 Å². The Morgan fingerprint density at radius 1 is 0.690 bits per heavy atom. The predicted octanol–water partition coefficient (Wildman–Crippen LogP) is 3.92. The lowest BCUT2D eigenvalue weighted by atomic mass is 10.3. The van der Waals surface area contributed by atoms with Crippen molar-refractivity contribution in [3.05, 3.63) is 48.5 Å². The molecule has 0 fully saturated rings. The van der Waals surface area contributed by atoms with Gasteiger partial charge in [-0.05, 0) is 57.6 Å². The summed E-state index contributed by atoms with van der Waals surface area (Å²) in [5.41, 5.74) is 1.94. The highest BCUT2D eigenvalue weighted by Gasteiger charge is 2.15. The fourth-order valence-electron chi connectivity index (χ4n) is 2.58. The summed E-state index contributed by atoms with van der Waals surface area (Å²) in [4.78, 5) is 2.24. The van der Waals surface area contributed by atoms with Gasteiger partial charge in [-0.25, -0.2) is 0 Å². The third kappa shape index (κ3) is 4.44. The van der Waals surface area contributed by atoms with Gasteiger partial charge in [-0.15, -0.1) is 33.7 Å². The number of thioether (sulfide) groups is 4. The van der Waals surface area contributed by atoms with E-state index in [0.717, 1.165) is 31.5 Å². The Morgan fingerprint density at radius 3 is 1.59 bits per heavy atom. The number of tetrazole rings is 2. The molecule has 0 amide bonds. The van der Waals surface area contributed by atoms with Gasteiger partial charge in [-0.2, -0.15) is 9.36 Å². The van der Waals surface area contributed by atoms with Gasteiger partial charge in [0.25, 0.3) is 0 Å². The van der Waals surface area contributed by atoms with E-state index in [1.54, 1.807) is 56.4 Å². The van der Waals surface area contributed by atoms with Crippen LogP contribution in [0.4, 0.5) is 0 Å². The highest BCUT2D eigenvalue weighted by molar-refractivity contribution is 8.15. The minimum Gasteiger partial charge on any atom is -0.186 e. The SMILES string of the molecule is CSc1ccccc1-n1nnnc1SCSc1nnnn1-c1ccccc1SC. The molecule has 2 aromatic carbocycles. The van der Waals surface area contributed by atoms with Gasteiger partial charge in [-0.3, -0.25) is 0 Å². The molecule has 0 aliphatic heterocycles. The molecule has 148 valence electrons. The molecule has 0 radical (unpaired) electrons. The predicted molar refractivity (Wildman–Crippen MR) is 118 cm³/mol. The fourth-order valence-corrected chi connectivity index (χ4v) is 5.52.